The highest BCUT2D eigenvalue weighted by molar-refractivity contribution is 5.86. The molecule has 3 N–H and O–H groups in total. The lowest BCUT2D eigenvalue weighted by atomic mass is 9.90. The summed E-state index contributed by atoms with van der Waals surface area (Å²) in [6.45, 7) is 3.12. The van der Waals surface area contributed by atoms with E-state index in [9.17, 15) is 9.59 Å². The fourth-order valence-corrected chi connectivity index (χ4v) is 2.90. The topological polar surface area (TPSA) is 84.7 Å². The second-order valence-electron chi connectivity index (χ2n) is 6.07. The summed E-state index contributed by atoms with van der Waals surface area (Å²) < 4.78 is 5.23. The van der Waals surface area contributed by atoms with Crippen molar-refractivity contribution in [2.45, 2.75) is 50.5 Å². The molecule has 2 aliphatic heterocycles. The van der Waals surface area contributed by atoms with Gasteiger partial charge in [0.15, 0.2) is 0 Å². The number of hydrogen-bond acceptors (Lipinski definition) is 4. The molecule has 0 aliphatic carbocycles. The van der Waals surface area contributed by atoms with E-state index in [0.29, 0.717) is 39.0 Å². The van der Waals surface area contributed by atoms with Crippen molar-refractivity contribution < 1.29 is 14.3 Å². The Bertz CT molecular complexity index is 359. The Balaban J connectivity index is 1.70. The van der Waals surface area contributed by atoms with Gasteiger partial charge in [-0.05, 0) is 25.7 Å². The number of carbonyl (C=O) groups is 2. The minimum absolute atomic E-state index is 0.134. The molecule has 2 amide bonds. The Kier molecular flexibility index (Phi) is 5.99. The van der Waals surface area contributed by atoms with Gasteiger partial charge in [0, 0.05) is 39.3 Å². The molecule has 2 fully saturated rings. The molecule has 0 aromatic rings. The van der Waals surface area contributed by atoms with Gasteiger partial charge in [0.05, 0.1) is 5.54 Å². The van der Waals surface area contributed by atoms with Crippen molar-refractivity contribution in [1.82, 2.24) is 10.2 Å². The SMILES string of the molecule is NC1(C(=O)NCCC(=O)N2CCCCCC2)CCOCC1. The molecular formula is C15H27N3O3. The van der Waals surface area contributed by atoms with Gasteiger partial charge in [-0.1, -0.05) is 12.8 Å². The van der Waals surface area contributed by atoms with Crippen molar-refractivity contribution in [3.8, 4) is 0 Å². The molecule has 6 heteroatoms. The van der Waals surface area contributed by atoms with E-state index in [4.69, 9.17) is 10.5 Å². The van der Waals surface area contributed by atoms with Crippen LogP contribution in [0.4, 0.5) is 0 Å². The van der Waals surface area contributed by atoms with E-state index >= 15 is 0 Å². The minimum atomic E-state index is -0.829. The molecule has 0 saturated carbocycles. The van der Waals surface area contributed by atoms with Crippen LogP contribution < -0.4 is 11.1 Å². The van der Waals surface area contributed by atoms with Gasteiger partial charge in [-0.2, -0.15) is 0 Å². The van der Waals surface area contributed by atoms with E-state index in [-0.39, 0.29) is 11.8 Å². The molecule has 0 aromatic carbocycles. The zero-order valence-electron chi connectivity index (χ0n) is 12.7. The van der Waals surface area contributed by atoms with Crippen LogP contribution in [0.2, 0.25) is 0 Å². The molecule has 0 unspecified atom stereocenters. The van der Waals surface area contributed by atoms with Crippen LogP contribution in [-0.2, 0) is 14.3 Å². The maximum Gasteiger partial charge on any atom is 0.240 e. The fraction of sp³-hybridized carbons (Fsp3) is 0.867. The summed E-state index contributed by atoms with van der Waals surface area (Å²) >= 11 is 0. The third kappa shape index (κ3) is 4.68. The molecule has 120 valence electrons. The van der Waals surface area contributed by atoms with Gasteiger partial charge in [0.25, 0.3) is 0 Å². The Hall–Kier alpha value is -1.14. The van der Waals surface area contributed by atoms with Crippen molar-refractivity contribution in [1.29, 1.82) is 0 Å². The lowest BCUT2D eigenvalue weighted by Gasteiger charge is -2.31. The molecule has 6 nitrogen and oxygen atoms in total. The molecule has 2 saturated heterocycles. The number of likely N-dealkylation sites (tertiary alicyclic amines) is 1. The van der Waals surface area contributed by atoms with Crippen LogP contribution in [0.5, 0.6) is 0 Å². The van der Waals surface area contributed by atoms with Gasteiger partial charge in [0.2, 0.25) is 11.8 Å². The summed E-state index contributed by atoms with van der Waals surface area (Å²) in [6, 6.07) is 0. The van der Waals surface area contributed by atoms with Crippen LogP contribution in [0.3, 0.4) is 0 Å². The number of nitrogens with zero attached hydrogens (tertiary/aromatic N) is 1. The van der Waals surface area contributed by atoms with E-state index in [1.165, 1.54) is 12.8 Å². The zero-order valence-corrected chi connectivity index (χ0v) is 12.7. The first-order valence-electron chi connectivity index (χ1n) is 8.04. The molecule has 0 spiro atoms. The third-order valence-corrected chi connectivity index (χ3v) is 4.42. The summed E-state index contributed by atoms with van der Waals surface area (Å²) in [5.74, 6) is -0.0234. The summed E-state index contributed by atoms with van der Waals surface area (Å²) in [7, 11) is 0. The van der Waals surface area contributed by atoms with Crippen LogP contribution in [0.1, 0.15) is 44.9 Å². The minimum Gasteiger partial charge on any atom is -0.381 e. The Morgan fingerprint density at radius 2 is 1.71 bits per heavy atom. The standard InChI is InChI=1S/C15H27N3O3/c16-15(6-11-21-12-7-15)14(20)17-8-5-13(19)18-9-3-1-2-4-10-18/h1-12,16H2,(H,17,20). The largest absolute Gasteiger partial charge is 0.381 e. The smallest absolute Gasteiger partial charge is 0.240 e. The quantitative estimate of drug-likeness (QED) is 0.787. The number of ether oxygens (including phenoxy) is 1. The number of rotatable bonds is 4. The van der Waals surface area contributed by atoms with Gasteiger partial charge in [0.1, 0.15) is 0 Å². The normalized spacial score (nSPS) is 22.4. The van der Waals surface area contributed by atoms with Crippen LogP contribution in [0.15, 0.2) is 0 Å². The number of nitrogens with one attached hydrogen (secondary N) is 1. The summed E-state index contributed by atoms with van der Waals surface area (Å²) in [4.78, 5) is 26.2. The molecule has 0 aromatic heterocycles. The van der Waals surface area contributed by atoms with Gasteiger partial charge < -0.3 is 20.7 Å². The number of carbonyl (C=O) groups excluding carboxylic acids is 2. The molecular weight excluding hydrogens is 270 g/mol. The predicted molar refractivity (Wildman–Crippen MR) is 79.6 cm³/mol. The van der Waals surface area contributed by atoms with E-state index in [0.717, 1.165) is 25.9 Å². The van der Waals surface area contributed by atoms with Crippen molar-refractivity contribution in [2.24, 2.45) is 5.73 Å². The van der Waals surface area contributed by atoms with Gasteiger partial charge in [-0.3, -0.25) is 9.59 Å². The van der Waals surface area contributed by atoms with E-state index < -0.39 is 5.54 Å². The molecule has 0 bridgehead atoms. The average Bonchev–Trinajstić information content (AvgIpc) is 2.77. The summed E-state index contributed by atoms with van der Waals surface area (Å²) in [5, 5.41) is 2.81. The number of hydrogen-bond donors (Lipinski definition) is 2. The first-order valence-corrected chi connectivity index (χ1v) is 8.04. The number of amides is 2. The van der Waals surface area contributed by atoms with Crippen molar-refractivity contribution in [3.05, 3.63) is 0 Å². The lowest BCUT2D eigenvalue weighted by molar-refractivity contribution is -0.132. The Labute approximate surface area is 126 Å². The van der Waals surface area contributed by atoms with Crippen LogP contribution in [-0.4, -0.2) is 55.1 Å². The summed E-state index contributed by atoms with van der Waals surface area (Å²) in [5.41, 5.74) is 5.27. The average molecular weight is 297 g/mol. The maximum atomic E-state index is 12.1. The molecule has 2 heterocycles. The van der Waals surface area contributed by atoms with E-state index in [1.807, 2.05) is 4.90 Å². The molecule has 2 rings (SSSR count). The summed E-state index contributed by atoms with van der Waals surface area (Å²) in [6.07, 6.45) is 6.03. The predicted octanol–water partition coefficient (Wildman–Crippen LogP) is 0.403. The highest BCUT2D eigenvalue weighted by Crippen LogP contribution is 2.17. The van der Waals surface area contributed by atoms with Crippen molar-refractivity contribution >= 4 is 11.8 Å². The third-order valence-electron chi connectivity index (χ3n) is 4.42. The molecule has 21 heavy (non-hydrogen) atoms. The van der Waals surface area contributed by atoms with Crippen LogP contribution >= 0.6 is 0 Å². The first-order chi connectivity index (χ1) is 10.1. The molecule has 2 aliphatic rings. The lowest BCUT2D eigenvalue weighted by Crippen LogP contribution is -2.57. The Morgan fingerprint density at radius 3 is 2.33 bits per heavy atom. The fourth-order valence-electron chi connectivity index (χ4n) is 2.90. The highest BCUT2D eigenvalue weighted by Gasteiger charge is 2.35. The van der Waals surface area contributed by atoms with Gasteiger partial charge >= 0.3 is 0 Å². The molecule has 0 atom stereocenters. The van der Waals surface area contributed by atoms with Crippen molar-refractivity contribution in [3.63, 3.8) is 0 Å². The van der Waals surface area contributed by atoms with Gasteiger partial charge in [-0.15, -0.1) is 0 Å². The van der Waals surface area contributed by atoms with Gasteiger partial charge in [-0.25, -0.2) is 0 Å². The molecule has 0 radical (unpaired) electrons. The maximum absolute atomic E-state index is 12.1. The Morgan fingerprint density at radius 1 is 1.10 bits per heavy atom. The monoisotopic (exact) mass is 297 g/mol. The highest BCUT2D eigenvalue weighted by atomic mass is 16.5. The first kappa shape index (κ1) is 16.2. The van der Waals surface area contributed by atoms with Crippen molar-refractivity contribution in [2.75, 3.05) is 32.8 Å². The second-order valence-corrected chi connectivity index (χ2v) is 6.07. The zero-order chi connectivity index (χ0) is 15.1. The second kappa shape index (κ2) is 7.75. The van der Waals surface area contributed by atoms with Crippen LogP contribution in [0, 0.1) is 0 Å². The number of nitrogens with two attached hydrogens (primary N) is 1. The van der Waals surface area contributed by atoms with E-state index in [2.05, 4.69) is 5.32 Å². The van der Waals surface area contributed by atoms with E-state index in [1.54, 1.807) is 0 Å². The van der Waals surface area contributed by atoms with Crippen LogP contribution in [0.25, 0.3) is 0 Å².